The van der Waals surface area contributed by atoms with Crippen LogP contribution in [0.5, 0.6) is 0 Å². The molecule has 3 heterocycles. The second-order valence-electron chi connectivity index (χ2n) is 6.71. The molecule has 8 nitrogen and oxygen atoms in total. The number of hydrogen-bond acceptors (Lipinski definition) is 7. The van der Waals surface area contributed by atoms with Crippen LogP contribution in [-0.4, -0.2) is 26.0 Å². The number of H-pyrrole nitrogens is 1. The number of carbonyl (C=O) groups excluding carboxylic acids is 1. The Labute approximate surface area is 176 Å². The summed E-state index contributed by atoms with van der Waals surface area (Å²) in [7, 11) is 0. The van der Waals surface area contributed by atoms with Crippen LogP contribution in [-0.2, 0) is 11.2 Å². The van der Waals surface area contributed by atoms with E-state index in [1.807, 2.05) is 23.6 Å². The van der Waals surface area contributed by atoms with Crippen LogP contribution in [0.15, 0.2) is 57.2 Å². The van der Waals surface area contributed by atoms with Crippen molar-refractivity contribution in [1.29, 1.82) is 0 Å². The van der Waals surface area contributed by atoms with Crippen molar-refractivity contribution < 1.29 is 9.32 Å². The fourth-order valence-corrected chi connectivity index (χ4v) is 3.60. The molecule has 0 fully saturated rings. The van der Waals surface area contributed by atoms with Crippen LogP contribution >= 0.6 is 11.3 Å². The molecule has 0 aliphatic carbocycles. The molecule has 3 aromatic heterocycles. The Kier molecular flexibility index (Phi) is 5.80. The van der Waals surface area contributed by atoms with Crippen molar-refractivity contribution in [3.8, 4) is 22.1 Å². The third-order valence-electron chi connectivity index (χ3n) is 4.29. The van der Waals surface area contributed by atoms with Crippen molar-refractivity contribution in [3.63, 3.8) is 0 Å². The number of aryl methyl sites for hydroxylation is 2. The summed E-state index contributed by atoms with van der Waals surface area (Å²) in [5, 5.41) is 8.79. The second-order valence-corrected chi connectivity index (χ2v) is 7.65. The van der Waals surface area contributed by atoms with Gasteiger partial charge in [-0.25, -0.2) is 4.98 Å². The molecule has 2 N–H and O–H groups in total. The van der Waals surface area contributed by atoms with Crippen molar-refractivity contribution >= 4 is 22.9 Å². The van der Waals surface area contributed by atoms with E-state index in [1.54, 1.807) is 36.5 Å². The highest BCUT2D eigenvalue weighted by molar-refractivity contribution is 7.13. The standard InChI is InChI=1S/C21H19N5O3S/c1-13-11-18(28)24-20(22-13)14-5-2-6-15(12-14)23-17(27)8-3-9-19-25-21(26-29-19)16-7-4-10-30-16/h2,4-7,10-12H,3,8-9H2,1H3,(H,23,27)(H,22,24,28). The molecule has 0 aliphatic rings. The summed E-state index contributed by atoms with van der Waals surface area (Å²) in [6.07, 6.45) is 1.44. The number of nitrogens with one attached hydrogen (secondary N) is 2. The zero-order valence-corrected chi connectivity index (χ0v) is 17.0. The number of benzene rings is 1. The lowest BCUT2D eigenvalue weighted by molar-refractivity contribution is -0.116. The molecule has 0 atom stereocenters. The quantitative estimate of drug-likeness (QED) is 0.469. The SMILES string of the molecule is Cc1cc(=O)[nH]c(-c2cccc(NC(=O)CCCc3nc(-c4cccs4)no3)c2)n1. The van der Waals surface area contributed by atoms with E-state index >= 15 is 0 Å². The minimum Gasteiger partial charge on any atom is -0.339 e. The van der Waals surface area contributed by atoms with Gasteiger partial charge < -0.3 is 14.8 Å². The van der Waals surface area contributed by atoms with E-state index in [2.05, 4.69) is 25.4 Å². The highest BCUT2D eigenvalue weighted by Crippen LogP contribution is 2.22. The Morgan fingerprint density at radius 3 is 2.90 bits per heavy atom. The van der Waals surface area contributed by atoms with Crippen molar-refractivity contribution in [2.24, 2.45) is 0 Å². The number of rotatable bonds is 7. The Hall–Kier alpha value is -3.59. The van der Waals surface area contributed by atoms with Crippen molar-refractivity contribution in [1.82, 2.24) is 20.1 Å². The molecule has 4 aromatic rings. The number of nitrogens with zero attached hydrogens (tertiary/aromatic N) is 3. The third kappa shape index (κ3) is 4.87. The molecule has 30 heavy (non-hydrogen) atoms. The van der Waals surface area contributed by atoms with E-state index in [0.29, 0.717) is 48.2 Å². The number of thiophene rings is 1. The van der Waals surface area contributed by atoms with Gasteiger partial charge in [0.1, 0.15) is 5.82 Å². The van der Waals surface area contributed by atoms with E-state index in [-0.39, 0.29) is 11.5 Å². The monoisotopic (exact) mass is 421 g/mol. The summed E-state index contributed by atoms with van der Waals surface area (Å²) in [5.74, 6) is 1.44. The van der Waals surface area contributed by atoms with Gasteiger partial charge in [0.15, 0.2) is 0 Å². The molecule has 0 unspecified atom stereocenters. The Morgan fingerprint density at radius 1 is 1.20 bits per heavy atom. The molecule has 1 amide bonds. The van der Waals surface area contributed by atoms with Crippen molar-refractivity contribution in [2.45, 2.75) is 26.2 Å². The number of hydrogen-bond donors (Lipinski definition) is 2. The lowest BCUT2D eigenvalue weighted by Gasteiger charge is -2.07. The first-order valence-electron chi connectivity index (χ1n) is 9.41. The van der Waals surface area contributed by atoms with Gasteiger partial charge in [0.25, 0.3) is 5.56 Å². The molecule has 4 rings (SSSR count). The topological polar surface area (TPSA) is 114 Å². The van der Waals surface area contributed by atoms with Crippen LogP contribution < -0.4 is 10.9 Å². The highest BCUT2D eigenvalue weighted by Gasteiger charge is 2.11. The van der Waals surface area contributed by atoms with Gasteiger partial charge in [0, 0.05) is 35.9 Å². The smallest absolute Gasteiger partial charge is 0.251 e. The average molecular weight is 421 g/mol. The molecular formula is C21H19N5O3S. The van der Waals surface area contributed by atoms with Gasteiger partial charge in [-0.1, -0.05) is 23.4 Å². The molecule has 0 radical (unpaired) electrons. The van der Waals surface area contributed by atoms with Crippen LogP contribution in [0.25, 0.3) is 22.1 Å². The fraction of sp³-hybridized carbons (Fsp3) is 0.190. The summed E-state index contributed by atoms with van der Waals surface area (Å²) in [6, 6.07) is 12.5. The van der Waals surface area contributed by atoms with Crippen LogP contribution in [0.1, 0.15) is 24.4 Å². The number of amides is 1. The van der Waals surface area contributed by atoms with Crippen molar-refractivity contribution in [3.05, 3.63) is 69.8 Å². The Morgan fingerprint density at radius 2 is 2.10 bits per heavy atom. The van der Waals surface area contributed by atoms with Crippen LogP contribution in [0, 0.1) is 6.92 Å². The van der Waals surface area contributed by atoms with E-state index in [1.165, 1.54) is 6.07 Å². The summed E-state index contributed by atoms with van der Waals surface area (Å²) in [4.78, 5) is 36.3. The predicted octanol–water partition coefficient (Wildman–Crippen LogP) is 3.82. The zero-order valence-electron chi connectivity index (χ0n) is 16.2. The first-order valence-corrected chi connectivity index (χ1v) is 10.3. The molecule has 0 saturated carbocycles. The molecule has 0 saturated heterocycles. The maximum Gasteiger partial charge on any atom is 0.251 e. The molecular weight excluding hydrogens is 402 g/mol. The van der Waals surface area contributed by atoms with E-state index in [4.69, 9.17) is 4.52 Å². The summed E-state index contributed by atoms with van der Waals surface area (Å²) < 4.78 is 5.25. The van der Waals surface area contributed by atoms with Crippen LogP contribution in [0.2, 0.25) is 0 Å². The van der Waals surface area contributed by atoms with Gasteiger partial charge in [-0.2, -0.15) is 4.98 Å². The molecule has 0 aliphatic heterocycles. The normalized spacial score (nSPS) is 10.8. The number of anilines is 1. The lowest BCUT2D eigenvalue weighted by Crippen LogP contribution is -2.12. The predicted molar refractivity (Wildman–Crippen MR) is 114 cm³/mol. The molecule has 9 heteroatoms. The minimum atomic E-state index is -0.213. The lowest BCUT2D eigenvalue weighted by atomic mass is 10.1. The largest absolute Gasteiger partial charge is 0.339 e. The maximum atomic E-state index is 12.3. The molecule has 152 valence electrons. The summed E-state index contributed by atoms with van der Waals surface area (Å²) in [6.45, 7) is 1.76. The minimum absolute atomic E-state index is 0.115. The zero-order chi connectivity index (χ0) is 20.9. The average Bonchev–Trinajstić information content (AvgIpc) is 3.39. The second kappa shape index (κ2) is 8.83. The highest BCUT2D eigenvalue weighted by atomic mass is 32.1. The van der Waals surface area contributed by atoms with Gasteiger partial charge in [-0.05, 0) is 36.9 Å². The first kappa shape index (κ1) is 19.7. The van der Waals surface area contributed by atoms with Gasteiger partial charge in [-0.15, -0.1) is 11.3 Å². The van der Waals surface area contributed by atoms with Crippen LogP contribution in [0.3, 0.4) is 0 Å². The number of aromatic amines is 1. The molecule has 1 aromatic carbocycles. The van der Waals surface area contributed by atoms with Crippen LogP contribution in [0.4, 0.5) is 5.69 Å². The van der Waals surface area contributed by atoms with Gasteiger partial charge in [0.05, 0.1) is 4.88 Å². The number of aromatic nitrogens is 4. The fourth-order valence-electron chi connectivity index (χ4n) is 2.95. The third-order valence-corrected chi connectivity index (χ3v) is 5.16. The molecule has 0 bridgehead atoms. The Balaban J connectivity index is 1.33. The van der Waals surface area contributed by atoms with E-state index in [9.17, 15) is 9.59 Å². The summed E-state index contributed by atoms with van der Waals surface area (Å²) >= 11 is 1.55. The molecule has 0 spiro atoms. The summed E-state index contributed by atoms with van der Waals surface area (Å²) in [5.41, 5.74) is 1.78. The van der Waals surface area contributed by atoms with E-state index < -0.39 is 0 Å². The van der Waals surface area contributed by atoms with Gasteiger partial charge in [-0.3, -0.25) is 9.59 Å². The first-order chi connectivity index (χ1) is 14.6. The Bertz CT molecular complexity index is 1210. The van der Waals surface area contributed by atoms with E-state index in [0.717, 1.165) is 10.4 Å². The van der Waals surface area contributed by atoms with Gasteiger partial charge >= 0.3 is 0 Å². The van der Waals surface area contributed by atoms with Crippen molar-refractivity contribution in [2.75, 3.05) is 5.32 Å². The number of carbonyl (C=O) groups is 1. The maximum absolute atomic E-state index is 12.3. The van der Waals surface area contributed by atoms with Gasteiger partial charge in [0.2, 0.25) is 17.6 Å².